The third kappa shape index (κ3) is 4.28. The van der Waals surface area contributed by atoms with Gasteiger partial charge in [0, 0.05) is 19.5 Å². The average Bonchev–Trinajstić information content (AvgIpc) is 2.27. The van der Waals surface area contributed by atoms with E-state index < -0.39 is 18.2 Å². The monoisotopic (exact) mass is 211 g/mol. The molecule has 14 heavy (non-hydrogen) atoms. The third-order valence-electron chi connectivity index (χ3n) is 2.47. The van der Waals surface area contributed by atoms with Crippen molar-refractivity contribution in [3.8, 4) is 0 Å². The van der Waals surface area contributed by atoms with E-state index in [0.29, 0.717) is 26.1 Å². The molecule has 0 amide bonds. The first kappa shape index (κ1) is 11.8. The number of likely N-dealkylation sites (tertiary alicyclic amines) is 1. The molecule has 0 aromatic carbocycles. The minimum Gasteiger partial charge on any atom is -0.389 e. The lowest BCUT2D eigenvalue weighted by Gasteiger charge is -2.18. The molecule has 2 nitrogen and oxygen atoms in total. The summed E-state index contributed by atoms with van der Waals surface area (Å²) in [5, 5.41) is 9.56. The van der Waals surface area contributed by atoms with Gasteiger partial charge in [-0.15, -0.1) is 0 Å². The predicted octanol–water partition coefficient (Wildman–Crippen LogP) is 1.79. The van der Waals surface area contributed by atoms with Gasteiger partial charge >= 0.3 is 6.18 Å². The first-order chi connectivity index (χ1) is 6.29. The molecular weight excluding hydrogens is 195 g/mol. The largest absolute Gasteiger partial charge is 0.389 e. The predicted molar refractivity (Wildman–Crippen MR) is 47.0 cm³/mol. The van der Waals surface area contributed by atoms with Crippen LogP contribution in [0.1, 0.15) is 26.2 Å². The Labute approximate surface area is 81.7 Å². The summed E-state index contributed by atoms with van der Waals surface area (Å²) < 4.78 is 35.4. The Balaban J connectivity index is 2.15. The van der Waals surface area contributed by atoms with Crippen LogP contribution in [0.4, 0.5) is 13.2 Å². The van der Waals surface area contributed by atoms with Crippen molar-refractivity contribution in [2.75, 3.05) is 19.6 Å². The zero-order valence-electron chi connectivity index (χ0n) is 8.27. The number of rotatable bonds is 3. The molecule has 0 aromatic heterocycles. The number of aliphatic hydroxyl groups is 1. The van der Waals surface area contributed by atoms with Gasteiger partial charge in [-0.05, 0) is 26.3 Å². The second-order valence-electron chi connectivity index (χ2n) is 4.24. The molecule has 1 heterocycles. The van der Waals surface area contributed by atoms with E-state index in [1.807, 2.05) is 4.90 Å². The van der Waals surface area contributed by atoms with Gasteiger partial charge in [0.15, 0.2) is 0 Å². The maximum absolute atomic E-state index is 11.8. The van der Waals surface area contributed by atoms with Crippen molar-refractivity contribution in [2.45, 2.75) is 38.0 Å². The van der Waals surface area contributed by atoms with Crippen LogP contribution in [-0.2, 0) is 0 Å². The van der Waals surface area contributed by atoms with E-state index in [0.717, 1.165) is 0 Å². The molecule has 1 N–H and O–H groups in total. The molecule has 0 saturated carbocycles. The maximum atomic E-state index is 11.8. The van der Waals surface area contributed by atoms with E-state index in [1.54, 1.807) is 6.92 Å². The zero-order chi connectivity index (χ0) is 10.8. The molecule has 0 bridgehead atoms. The van der Waals surface area contributed by atoms with Gasteiger partial charge in [0.25, 0.3) is 0 Å². The fourth-order valence-corrected chi connectivity index (χ4v) is 1.73. The topological polar surface area (TPSA) is 23.5 Å². The summed E-state index contributed by atoms with van der Waals surface area (Å²) in [4.78, 5) is 1.88. The van der Waals surface area contributed by atoms with Crippen molar-refractivity contribution in [1.82, 2.24) is 4.90 Å². The highest BCUT2D eigenvalue weighted by molar-refractivity contribution is 4.85. The van der Waals surface area contributed by atoms with Crippen LogP contribution in [-0.4, -0.2) is 41.4 Å². The Bertz CT molecular complexity index is 191. The van der Waals surface area contributed by atoms with Crippen LogP contribution < -0.4 is 0 Å². The molecule has 1 saturated heterocycles. The van der Waals surface area contributed by atoms with Crippen molar-refractivity contribution < 1.29 is 18.3 Å². The lowest BCUT2D eigenvalue weighted by Crippen LogP contribution is -2.30. The van der Waals surface area contributed by atoms with Crippen LogP contribution in [0.5, 0.6) is 0 Å². The standard InChI is InChI=1S/C9H16F3NO/c1-8(14)4-6-13(7-8)5-2-3-9(10,11)12/h14H,2-7H2,1H3. The highest BCUT2D eigenvalue weighted by Crippen LogP contribution is 2.24. The Morgan fingerprint density at radius 1 is 1.43 bits per heavy atom. The van der Waals surface area contributed by atoms with Gasteiger partial charge < -0.3 is 10.0 Å². The second-order valence-corrected chi connectivity index (χ2v) is 4.24. The van der Waals surface area contributed by atoms with Crippen LogP contribution >= 0.6 is 0 Å². The molecule has 0 radical (unpaired) electrons. The highest BCUT2D eigenvalue weighted by atomic mass is 19.4. The normalized spacial score (nSPS) is 29.8. The van der Waals surface area contributed by atoms with Crippen LogP contribution in [0.3, 0.4) is 0 Å². The second kappa shape index (κ2) is 4.06. The maximum Gasteiger partial charge on any atom is 0.389 e. The fraction of sp³-hybridized carbons (Fsp3) is 1.00. The average molecular weight is 211 g/mol. The molecule has 0 spiro atoms. The van der Waals surface area contributed by atoms with Crippen molar-refractivity contribution in [1.29, 1.82) is 0 Å². The molecule has 1 fully saturated rings. The molecule has 1 aliphatic rings. The Hall–Kier alpha value is -0.290. The van der Waals surface area contributed by atoms with E-state index >= 15 is 0 Å². The van der Waals surface area contributed by atoms with Crippen molar-refractivity contribution in [3.63, 3.8) is 0 Å². The van der Waals surface area contributed by atoms with Crippen LogP contribution in [0, 0.1) is 0 Å². The minimum atomic E-state index is -4.05. The summed E-state index contributed by atoms with van der Waals surface area (Å²) in [6, 6.07) is 0. The minimum absolute atomic E-state index is 0.125. The molecule has 1 rings (SSSR count). The Morgan fingerprint density at radius 2 is 2.07 bits per heavy atom. The zero-order valence-corrected chi connectivity index (χ0v) is 8.27. The van der Waals surface area contributed by atoms with E-state index in [4.69, 9.17) is 0 Å². The number of hydrogen-bond donors (Lipinski definition) is 1. The van der Waals surface area contributed by atoms with E-state index in [1.165, 1.54) is 0 Å². The van der Waals surface area contributed by atoms with Crippen molar-refractivity contribution in [2.24, 2.45) is 0 Å². The number of hydrogen-bond acceptors (Lipinski definition) is 2. The summed E-state index contributed by atoms with van der Waals surface area (Å²) >= 11 is 0. The number of β-amino-alcohol motifs (C(OH)–C–C–N with tert-alkyl or cyclic N) is 1. The number of nitrogens with zero attached hydrogens (tertiary/aromatic N) is 1. The quantitative estimate of drug-likeness (QED) is 0.769. The van der Waals surface area contributed by atoms with Crippen LogP contribution in [0.2, 0.25) is 0 Å². The first-order valence-corrected chi connectivity index (χ1v) is 4.80. The van der Waals surface area contributed by atoms with E-state index in [2.05, 4.69) is 0 Å². The molecule has 1 unspecified atom stereocenters. The van der Waals surface area contributed by atoms with Crippen LogP contribution in [0.15, 0.2) is 0 Å². The third-order valence-corrected chi connectivity index (χ3v) is 2.47. The molecule has 0 aliphatic carbocycles. The molecule has 84 valence electrons. The molecule has 1 atom stereocenters. The van der Waals surface area contributed by atoms with Gasteiger partial charge in [0.1, 0.15) is 0 Å². The molecule has 0 aromatic rings. The SMILES string of the molecule is CC1(O)CCN(CCCC(F)(F)F)C1. The van der Waals surface area contributed by atoms with Crippen LogP contribution in [0.25, 0.3) is 0 Å². The van der Waals surface area contributed by atoms with Gasteiger partial charge in [0.2, 0.25) is 0 Å². The number of halogens is 3. The summed E-state index contributed by atoms with van der Waals surface area (Å²) in [7, 11) is 0. The Kier molecular flexibility index (Phi) is 3.42. The smallest absolute Gasteiger partial charge is 0.389 e. The summed E-state index contributed by atoms with van der Waals surface area (Å²) in [5.41, 5.74) is -0.710. The lowest BCUT2D eigenvalue weighted by atomic mass is 10.1. The number of alkyl halides is 3. The van der Waals surface area contributed by atoms with Crippen molar-refractivity contribution in [3.05, 3.63) is 0 Å². The van der Waals surface area contributed by atoms with Crippen molar-refractivity contribution >= 4 is 0 Å². The van der Waals surface area contributed by atoms with Gasteiger partial charge in [-0.2, -0.15) is 13.2 Å². The Morgan fingerprint density at radius 3 is 2.50 bits per heavy atom. The summed E-state index contributed by atoms with van der Waals surface area (Å²) in [6.45, 7) is 3.34. The molecular formula is C9H16F3NO. The van der Waals surface area contributed by atoms with Gasteiger partial charge in [-0.25, -0.2) is 0 Å². The molecule has 1 aliphatic heterocycles. The highest BCUT2D eigenvalue weighted by Gasteiger charge is 2.32. The summed E-state index contributed by atoms with van der Waals surface area (Å²) in [6.07, 6.45) is -4.01. The van der Waals surface area contributed by atoms with Gasteiger partial charge in [-0.1, -0.05) is 0 Å². The van der Waals surface area contributed by atoms with E-state index in [-0.39, 0.29) is 6.42 Å². The van der Waals surface area contributed by atoms with Gasteiger partial charge in [-0.3, -0.25) is 0 Å². The first-order valence-electron chi connectivity index (χ1n) is 4.80. The fourth-order valence-electron chi connectivity index (χ4n) is 1.73. The van der Waals surface area contributed by atoms with E-state index in [9.17, 15) is 18.3 Å². The summed E-state index contributed by atoms with van der Waals surface area (Å²) in [5.74, 6) is 0. The lowest BCUT2D eigenvalue weighted by molar-refractivity contribution is -0.136. The van der Waals surface area contributed by atoms with Gasteiger partial charge in [0.05, 0.1) is 5.60 Å². The molecule has 5 heteroatoms.